The molecule has 0 bridgehead atoms. The quantitative estimate of drug-likeness (QED) is 0.890. The smallest absolute Gasteiger partial charge is 0.414 e. The maximum Gasteiger partial charge on any atom is 0.414 e. The lowest BCUT2D eigenvalue weighted by molar-refractivity contribution is -0.139. The van der Waals surface area contributed by atoms with Gasteiger partial charge in [0.15, 0.2) is 0 Å². The van der Waals surface area contributed by atoms with E-state index in [1.165, 1.54) is 0 Å². The maximum absolute atomic E-state index is 11.6. The van der Waals surface area contributed by atoms with E-state index in [0.717, 1.165) is 5.56 Å². The average Bonchev–Trinajstić information content (AvgIpc) is 2.91. The summed E-state index contributed by atoms with van der Waals surface area (Å²) in [5.74, 6) is -1.23. The van der Waals surface area contributed by atoms with Crippen LogP contribution in [0.15, 0.2) is 12.4 Å². The number of aliphatic carboxylic acids is 1. The van der Waals surface area contributed by atoms with Crippen LogP contribution in [0, 0.1) is 11.3 Å². The van der Waals surface area contributed by atoms with Gasteiger partial charge in [0.05, 0.1) is 5.92 Å². The van der Waals surface area contributed by atoms with Crippen molar-refractivity contribution in [2.24, 2.45) is 11.3 Å². The number of amides is 1. The lowest BCUT2D eigenvalue weighted by Crippen LogP contribution is -2.27. The van der Waals surface area contributed by atoms with Crippen LogP contribution in [0.3, 0.4) is 0 Å². The molecule has 1 aromatic heterocycles. The number of carbonyl (C=O) groups excluding carboxylic acids is 1. The minimum absolute atomic E-state index is 0.111. The molecule has 2 rings (SSSR count). The van der Waals surface area contributed by atoms with Gasteiger partial charge < -0.3 is 9.84 Å². The summed E-state index contributed by atoms with van der Waals surface area (Å²) in [5.41, 5.74) is -0.154. The van der Waals surface area contributed by atoms with Crippen LogP contribution in [0.2, 0.25) is 0 Å². The van der Waals surface area contributed by atoms with Gasteiger partial charge in [0.1, 0.15) is 5.60 Å². The van der Waals surface area contributed by atoms with Crippen LogP contribution in [0.5, 0.6) is 0 Å². The van der Waals surface area contributed by atoms with Gasteiger partial charge in [-0.15, -0.1) is 0 Å². The van der Waals surface area contributed by atoms with Gasteiger partial charge in [-0.25, -0.2) is 14.8 Å². The molecule has 120 valence electrons. The molecule has 1 aromatic rings. The molecular weight excluding hydrogens is 286 g/mol. The molecule has 0 aliphatic heterocycles. The summed E-state index contributed by atoms with van der Waals surface area (Å²) < 4.78 is 5.11. The van der Waals surface area contributed by atoms with Crippen LogP contribution in [0.4, 0.5) is 10.7 Å². The molecular formula is C15H21N3O4. The number of aromatic nitrogens is 2. The van der Waals surface area contributed by atoms with Crippen molar-refractivity contribution in [2.75, 3.05) is 5.32 Å². The van der Waals surface area contributed by atoms with E-state index in [1.807, 2.05) is 13.8 Å². The number of hydrogen-bond acceptors (Lipinski definition) is 5. The third kappa shape index (κ3) is 3.35. The Bertz CT molecular complexity index is 590. The van der Waals surface area contributed by atoms with E-state index in [0.29, 0.717) is 0 Å². The highest BCUT2D eigenvalue weighted by atomic mass is 16.6. The summed E-state index contributed by atoms with van der Waals surface area (Å²) in [7, 11) is 0. The zero-order valence-corrected chi connectivity index (χ0v) is 13.4. The SMILES string of the molecule is CC(C)(C)OC(=O)Nc1ncc(C2C(C(=O)O)C2(C)C)cn1. The lowest BCUT2D eigenvalue weighted by atomic mass is 10.1. The normalized spacial score (nSPS) is 22.8. The minimum atomic E-state index is -0.814. The molecule has 22 heavy (non-hydrogen) atoms. The second-order valence-corrected chi connectivity index (χ2v) is 7.08. The van der Waals surface area contributed by atoms with Crippen LogP contribution < -0.4 is 5.32 Å². The summed E-state index contributed by atoms with van der Waals surface area (Å²) in [4.78, 5) is 30.9. The van der Waals surface area contributed by atoms with Crippen molar-refractivity contribution >= 4 is 18.0 Å². The van der Waals surface area contributed by atoms with E-state index in [-0.39, 0.29) is 17.3 Å². The van der Waals surface area contributed by atoms with Crippen LogP contribution in [0.25, 0.3) is 0 Å². The second-order valence-electron chi connectivity index (χ2n) is 7.08. The molecule has 7 nitrogen and oxygen atoms in total. The molecule has 0 spiro atoms. The minimum Gasteiger partial charge on any atom is -0.481 e. The number of hydrogen-bond donors (Lipinski definition) is 2. The first kappa shape index (κ1) is 16.2. The molecule has 2 unspecified atom stereocenters. The first-order valence-electron chi connectivity index (χ1n) is 7.07. The van der Waals surface area contributed by atoms with Gasteiger partial charge in [0, 0.05) is 18.3 Å². The van der Waals surface area contributed by atoms with Crippen LogP contribution in [0.1, 0.15) is 46.1 Å². The van der Waals surface area contributed by atoms with Gasteiger partial charge in [0.25, 0.3) is 0 Å². The van der Waals surface area contributed by atoms with Crippen molar-refractivity contribution in [3.05, 3.63) is 18.0 Å². The molecule has 2 N–H and O–H groups in total. The Hall–Kier alpha value is -2.18. The average molecular weight is 307 g/mol. The molecule has 7 heteroatoms. The Kier molecular flexibility index (Phi) is 3.85. The van der Waals surface area contributed by atoms with Crippen LogP contribution >= 0.6 is 0 Å². The van der Waals surface area contributed by atoms with E-state index >= 15 is 0 Å². The molecule has 1 aliphatic rings. The second kappa shape index (κ2) is 5.23. The van der Waals surface area contributed by atoms with E-state index in [9.17, 15) is 14.7 Å². The number of carboxylic acid groups (broad SMARTS) is 1. The van der Waals surface area contributed by atoms with Gasteiger partial charge in [-0.2, -0.15) is 0 Å². The Morgan fingerprint density at radius 2 is 1.82 bits per heavy atom. The Balaban J connectivity index is 2.03. The third-order valence-corrected chi connectivity index (χ3v) is 3.74. The summed E-state index contributed by atoms with van der Waals surface area (Å²) >= 11 is 0. The maximum atomic E-state index is 11.6. The summed E-state index contributed by atoms with van der Waals surface area (Å²) in [6, 6.07) is 0. The highest BCUT2D eigenvalue weighted by molar-refractivity contribution is 5.82. The van der Waals surface area contributed by atoms with Crippen molar-refractivity contribution in [3.63, 3.8) is 0 Å². The molecule has 0 saturated heterocycles. The standard InChI is InChI=1S/C15H21N3O4/c1-14(2,3)22-13(21)18-12-16-6-8(7-17-12)9-10(11(19)20)15(9,4)5/h6-7,9-10H,1-5H3,(H,19,20)(H,16,17,18,21). The first-order valence-corrected chi connectivity index (χ1v) is 7.07. The van der Waals surface area contributed by atoms with Gasteiger partial charge in [-0.05, 0) is 31.7 Å². The predicted octanol–water partition coefficient (Wildman–Crippen LogP) is 2.65. The fraction of sp³-hybridized carbons (Fsp3) is 0.600. The van der Waals surface area contributed by atoms with E-state index < -0.39 is 23.6 Å². The number of ether oxygens (including phenoxy) is 1. The monoisotopic (exact) mass is 307 g/mol. The Labute approximate surface area is 129 Å². The fourth-order valence-corrected chi connectivity index (χ4v) is 2.68. The number of carbonyl (C=O) groups is 2. The van der Waals surface area contributed by atoms with Gasteiger partial charge in [-0.3, -0.25) is 10.1 Å². The number of rotatable bonds is 3. The Morgan fingerprint density at radius 1 is 1.27 bits per heavy atom. The van der Waals surface area contributed by atoms with Gasteiger partial charge in [-0.1, -0.05) is 13.8 Å². The third-order valence-electron chi connectivity index (χ3n) is 3.74. The topological polar surface area (TPSA) is 101 Å². The zero-order chi connectivity index (χ0) is 16.7. The lowest BCUT2D eigenvalue weighted by Gasteiger charge is -2.19. The number of nitrogens with one attached hydrogen (secondary N) is 1. The number of nitrogens with zero attached hydrogens (tertiary/aromatic N) is 2. The summed E-state index contributed by atoms with van der Waals surface area (Å²) in [6.07, 6.45) is 2.47. The van der Waals surface area contributed by atoms with Crippen LogP contribution in [-0.2, 0) is 9.53 Å². The van der Waals surface area contributed by atoms with Gasteiger partial charge >= 0.3 is 12.1 Å². The number of carboxylic acids is 1. The molecule has 1 heterocycles. The molecule has 0 aromatic carbocycles. The Morgan fingerprint density at radius 3 is 2.23 bits per heavy atom. The molecule has 1 fully saturated rings. The molecule has 0 radical (unpaired) electrons. The van der Waals surface area contributed by atoms with E-state index in [1.54, 1.807) is 33.2 Å². The molecule has 1 aliphatic carbocycles. The summed E-state index contributed by atoms with van der Waals surface area (Å²) in [6.45, 7) is 9.10. The predicted molar refractivity (Wildman–Crippen MR) is 79.5 cm³/mol. The summed E-state index contributed by atoms with van der Waals surface area (Å²) in [5, 5.41) is 11.6. The van der Waals surface area contributed by atoms with Crippen molar-refractivity contribution in [2.45, 2.75) is 46.1 Å². The zero-order valence-electron chi connectivity index (χ0n) is 13.4. The highest BCUT2D eigenvalue weighted by Gasteiger charge is 2.62. The number of anilines is 1. The molecule has 1 saturated carbocycles. The van der Waals surface area contributed by atoms with E-state index in [4.69, 9.17) is 4.74 Å². The molecule has 1 amide bonds. The molecule has 2 atom stereocenters. The van der Waals surface area contributed by atoms with Crippen molar-refractivity contribution in [3.8, 4) is 0 Å². The van der Waals surface area contributed by atoms with Gasteiger partial charge in [0.2, 0.25) is 5.95 Å². The fourth-order valence-electron chi connectivity index (χ4n) is 2.68. The van der Waals surface area contributed by atoms with Crippen molar-refractivity contribution in [1.82, 2.24) is 9.97 Å². The largest absolute Gasteiger partial charge is 0.481 e. The first-order chi connectivity index (χ1) is 10.0. The van der Waals surface area contributed by atoms with Crippen LogP contribution in [-0.4, -0.2) is 32.7 Å². The van der Waals surface area contributed by atoms with Crippen molar-refractivity contribution in [1.29, 1.82) is 0 Å². The van der Waals surface area contributed by atoms with E-state index in [2.05, 4.69) is 15.3 Å². The van der Waals surface area contributed by atoms with Crippen molar-refractivity contribution < 1.29 is 19.4 Å². The highest BCUT2D eigenvalue weighted by Crippen LogP contribution is 2.64.